The molecule has 0 aliphatic heterocycles. The van der Waals surface area contributed by atoms with Crippen molar-refractivity contribution in [2.24, 2.45) is 28.6 Å². The summed E-state index contributed by atoms with van der Waals surface area (Å²) < 4.78 is 38.3. The summed E-state index contributed by atoms with van der Waals surface area (Å²) in [5, 5.41) is 10.9. The normalized spacial score (nSPS) is 48.1. The molecule has 9 atom stereocenters. The van der Waals surface area contributed by atoms with Crippen molar-refractivity contribution in [1.82, 2.24) is 0 Å². The number of halogens is 2. The molecule has 0 heterocycles. The number of esters is 1. The Morgan fingerprint density at radius 1 is 1.27 bits per heavy atom. The average Bonchev–Trinajstić information content (AvgIpc) is 2.92. The third kappa shape index (κ3) is 3.29. The number of allylic oxidation sites excluding steroid dienone is 4. The smallest absolute Gasteiger partial charge is 0.303 e. The first-order valence-corrected chi connectivity index (χ1v) is 11.9. The SMILES string of the molecule is [CH2-]SC(=O)[C@@]1(OC(C)=O)[C@H](C)C[C@H]2C3C[C@H](F)C4=CC(=O)C=C[C@]4(C)[C@@]3(F)[C@@H](O)C[C@@]21C.[Y]. The topological polar surface area (TPSA) is 80.7 Å². The van der Waals surface area contributed by atoms with Gasteiger partial charge in [-0.25, -0.2) is 8.78 Å². The standard InChI is InChI=1S/C24H29F2O5S.Y/c1-12-8-15-16-10-18(25)17-9-14(28)6-7-21(17,3)23(16,26)19(29)11-22(15,4)24(12,20(30)32-5)31-13(2)27;/h6-7,9,12,15-16,18-19,29H,5,8,10-11H2,1-4H3;/q-1;/t12-,15+,16?,18+,19+,21+,22+,23+,24+;/m1./s1. The second-order valence-corrected chi connectivity index (χ2v) is 10.9. The molecule has 0 spiro atoms. The van der Waals surface area contributed by atoms with Crippen LogP contribution in [-0.4, -0.2) is 45.5 Å². The van der Waals surface area contributed by atoms with Gasteiger partial charge in [-0.1, -0.05) is 19.9 Å². The quantitative estimate of drug-likeness (QED) is 0.411. The van der Waals surface area contributed by atoms with Crippen LogP contribution < -0.4 is 0 Å². The minimum Gasteiger partial charge on any atom is -0.449 e. The Morgan fingerprint density at radius 3 is 2.48 bits per heavy atom. The number of ether oxygens (including phenoxy) is 1. The molecule has 1 unspecified atom stereocenters. The van der Waals surface area contributed by atoms with Crippen LogP contribution in [0.1, 0.15) is 47.0 Å². The zero-order valence-electron chi connectivity index (χ0n) is 19.3. The molecule has 3 fully saturated rings. The van der Waals surface area contributed by atoms with E-state index in [2.05, 4.69) is 6.26 Å². The Bertz CT molecular complexity index is 955. The number of hydrogen-bond acceptors (Lipinski definition) is 6. The first kappa shape index (κ1) is 27.2. The number of fused-ring (bicyclic) bond motifs is 5. The van der Waals surface area contributed by atoms with Crippen LogP contribution >= 0.6 is 11.8 Å². The van der Waals surface area contributed by atoms with Gasteiger partial charge in [-0.3, -0.25) is 32.4 Å². The molecule has 9 heteroatoms. The van der Waals surface area contributed by atoms with Gasteiger partial charge in [0, 0.05) is 62.3 Å². The Morgan fingerprint density at radius 2 is 1.91 bits per heavy atom. The summed E-state index contributed by atoms with van der Waals surface area (Å²) in [6.45, 7) is 6.25. The summed E-state index contributed by atoms with van der Waals surface area (Å²) in [4.78, 5) is 37.2. The van der Waals surface area contributed by atoms with E-state index in [4.69, 9.17) is 4.74 Å². The summed E-state index contributed by atoms with van der Waals surface area (Å²) >= 11 is 0.695. The van der Waals surface area contributed by atoms with Crippen LogP contribution in [0, 0.1) is 34.8 Å². The predicted octanol–water partition coefficient (Wildman–Crippen LogP) is 3.90. The van der Waals surface area contributed by atoms with Crippen molar-refractivity contribution in [3.8, 4) is 0 Å². The average molecular weight is 556 g/mol. The molecule has 0 aromatic rings. The molecule has 4 aliphatic rings. The molecule has 4 aliphatic carbocycles. The van der Waals surface area contributed by atoms with E-state index in [1.54, 1.807) is 13.8 Å². The Labute approximate surface area is 222 Å². The summed E-state index contributed by atoms with van der Waals surface area (Å²) in [5.41, 5.74) is -6.39. The molecule has 179 valence electrons. The van der Waals surface area contributed by atoms with E-state index in [9.17, 15) is 19.5 Å². The molecular formula is C24H29F2O5SY-. The number of ketones is 1. The van der Waals surface area contributed by atoms with Crippen molar-refractivity contribution in [3.05, 3.63) is 30.1 Å². The van der Waals surface area contributed by atoms with E-state index in [-0.39, 0.29) is 51.1 Å². The zero-order valence-corrected chi connectivity index (χ0v) is 22.9. The van der Waals surface area contributed by atoms with Crippen LogP contribution in [0.5, 0.6) is 0 Å². The maximum absolute atomic E-state index is 17.1. The Kier molecular flexibility index (Phi) is 7.07. The summed E-state index contributed by atoms with van der Waals surface area (Å²) in [6, 6.07) is 0. The van der Waals surface area contributed by atoms with Gasteiger partial charge in [0.2, 0.25) is 5.12 Å². The number of carbonyl (C=O) groups is 3. The van der Waals surface area contributed by atoms with Crippen molar-refractivity contribution < 1.29 is 65.7 Å². The summed E-state index contributed by atoms with van der Waals surface area (Å²) in [5.74, 6) is -2.98. The molecule has 33 heavy (non-hydrogen) atoms. The van der Waals surface area contributed by atoms with Crippen LogP contribution in [0.4, 0.5) is 8.78 Å². The number of rotatable bonds is 2. The molecule has 3 saturated carbocycles. The van der Waals surface area contributed by atoms with Gasteiger partial charge in [-0.05, 0) is 49.8 Å². The molecule has 1 radical (unpaired) electrons. The third-order valence-electron chi connectivity index (χ3n) is 8.91. The predicted molar refractivity (Wildman–Crippen MR) is 116 cm³/mol. The second kappa shape index (κ2) is 8.60. The molecule has 1 N–H and O–H groups in total. The van der Waals surface area contributed by atoms with E-state index >= 15 is 8.78 Å². The van der Waals surface area contributed by atoms with Crippen molar-refractivity contribution in [3.63, 3.8) is 0 Å². The van der Waals surface area contributed by atoms with Gasteiger partial charge in [0.05, 0.1) is 6.10 Å². The van der Waals surface area contributed by atoms with Crippen molar-refractivity contribution in [2.45, 2.75) is 70.5 Å². The molecule has 0 aromatic heterocycles. The van der Waals surface area contributed by atoms with E-state index in [1.165, 1.54) is 26.0 Å². The van der Waals surface area contributed by atoms with Crippen LogP contribution in [0.2, 0.25) is 0 Å². The number of hydrogen-bond donors (Lipinski definition) is 1. The number of aliphatic hydroxyl groups excluding tert-OH is 1. The van der Waals surface area contributed by atoms with Gasteiger partial charge in [-0.15, -0.1) is 0 Å². The fraction of sp³-hybridized carbons (Fsp3) is 0.667. The van der Waals surface area contributed by atoms with E-state index in [0.29, 0.717) is 18.2 Å². The Hall–Kier alpha value is -0.436. The minimum absolute atomic E-state index is 0. The molecule has 5 nitrogen and oxygen atoms in total. The van der Waals surface area contributed by atoms with E-state index < -0.39 is 69.0 Å². The largest absolute Gasteiger partial charge is 0.449 e. The third-order valence-corrected chi connectivity index (χ3v) is 9.47. The van der Waals surface area contributed by atoms with Gasteiger partial charge >= 0.3 is 5.97 Å². The molecule has 0 saturated heterocycles. The van der Waals surface area contributed by atoms with Crippen LogP contribution in [-0.2, 0) is 51.8 Å². The van der Waals surface area contributed by atoms with Crippen LogP contribution in [0.15, 0.2) is 23.8 Å². The van der Waals surface area contributed by atoms with Crippen molar-refractivity contribution in [1.29, 1.82) is 0 Å². The number of alkyl halides is 2. The second-order valence-electron chi connectivity index (χ2n) is 10.3. The van der Waals surface area contributed by atoms with E-state index in [1.807, 2.05) is 0 Å². The van der Waals surface area contributed by atoms with Crippen molar-refractivity contribution >= 4 is 28.6 Å². The van der Waals surface area contributed by atoms with Crippen LogP contribution in [0.3, 0.4) is 0 Å². The molecule has 0 bridgehead atoms. The molecule has 0 aromatic carbocycles. The maximum Gasteiger partial charge on any atom is 0.303 e. The number of carbonyl (C=O) groups excluding carboxylic acids is 3. The summed E-state index contributed by atoms with van der Waals surface area (Å²) in [7, 11) is 0. The van der Waals surface area contributed by atoms with Gasteiger partial charge in [-0.2, -0.15) is 0 Å². The van der Waals surface area contributed by atoms with Gasteiger partial charge in [0.25, 0.3) is 0 Å². The monoisotopic (exact) mass is 556 g/mol. The number of aliphatic hydroxyl groups is 1. The molecule has 4 rings (SSSR count). The first-order chi connectivity index (χ1) is 14.8. The van der Waals surface area contributed by atoms with Crippen molar-refractivity contribution in [2.75, 3.05) is 0 Å². The number of thioether (sulfide) groups is 1. The minimum atomic E-state index is -2.24. The molecule has 0 amide bonds. The van der Waals surface area contributed by atoms with Gasteiger partial charge in [0.15, 0.2) is 17.1 Å². The van der Waals surface area contributed by atoms with Gasteiger partial charge in [0.1, 0.15) is 6.17 Å². The summed E-state index contributed by atoms with van der Waals surface area (Å²) in [6.07, 6.45) is 4.22. The maximum atomic E-state index is 17.1. The fourth-order valence-electron chi connectivity index (χ4n) is 7.55. The zero-order chi connectivity index (χ0) is 23.9. The van der Waals surface area contributed by atoms with Crippen LogP contribution in [0.25, 0.3) is 0 Å². The molecular weight excluding hydrogens is 527 g/mol. The Balaban J connectivity index is 0.00000306. The van der Waals surface area contributed by atoms with Gasteiger partial charge < -0.3 is 9.84 Å². The first-order valence-electron chi connectivity index (χ1n) is 10.9. The fourth-order valence-corrected chi connectivity index (χ4v) is 8.24. The van der Waals surface area contributed by atoms with E-state index in [0.717, 1.165) is 6.08 Å².